The highest BCUT2D eigenvalue weighted by atomic mass is 35.5. The number of hydrogen-bond donors (Lipinski definition) is 2. The Kier molecular flexibility index (Phi) is 6.65. The first-order valence-corrected chi connectivity index (χ1v) is 10.4. The van der Waals surface area contributed by atoms with Crippen LogP contribution in [0.4, 0.5) is 13.2 Å². The third kappa shape index (κ3) is 5.24. The van der Waals surface area contributed by atoms with E-state index in [-0.39, 0.29) is 23.2 Å². The zero-order valence-electron chi connectivity index (χ0n) is 18.4. The van der Waals surface area contributed by atoms with Gasteiger partial charge in [0.05, 0.1) is 5.02 Å². The van der Waals surface area contributed by atoms with Gasteiger partial charge in [0.2, 0.25) is 5.91 Å². The molecule has 0 saturated carbocycles. The smallest absolute Gasteiger partial charge is 0.351 e. The number of benzene rings is 2. The van der Waals surface area contributed by atoms with Crippen LogP contribution in [-0.4, -0.2) is 27.0 Å². The van der Waals surface area contributed by atoms with Crippen LogP contribution in [0.15, 0.2) is 41.2 Å². The molecular formula is C23H22ClF3N4O2. The van der Waals surface area contributed by atoms with Gasteiger partial charge in [-0.3, -0.25) is 9.78 Å². The van der Waals surface area contributed by atoms with E-state index in [2.05, 4.69) is 20.3 Å². The summed E-state index contributed by atoms with van der Waals surface area (Å²) < 4.78 is 39.3. The summed E-state index contributed by atoms with van der Waals surface area (Å²) in [7, 11) is 0. The zero-order chi connectivity index (χ0) is 24.6. The number of alkyl halides is 3. The largest absolute Gasteiger partial charge is 0.402 e. The molecule has 174 valence electrons. The van der Waals surface area contributed by atoms with Crippen LogP contribution in [0.3, 0.4) is 0 Å². The Morgan fingerprint density at radius 3 is 2.39 bits per heavy atom. The van der Waals surface area contributed by atoms with Crippen molar-refractivity contribution in [2.24, 2.45) is 5.41 Å². The molecule has 3 rings (SSSR count). The highest BCUT2D eigenvalue weighted by Crippen LogP contribution is 2.37. The van der Waals surface area contributed by atoms with Crippen molar-refractivity contribution < 1.29 is 18.0 Å². The molecule has 0 bridgehead atoms. The van der Waals surface area contributed by atoms with Crippen LogP contribution in [-0.2, 0) is 11.3 Å². The minimum atomic E-state index is -4.69. The van der Waals surface area contributed by atoms with Gasteiger partial charge in [0, 0.05) is 17.7 Å². The molecule has 0 atom stereocenters. The summed E-state index contributed by atoms with van der Waals surface area (Å²) >= 11 is 6.30. The van der Waals surface area contributed by atoms with Crippen LogP contribution < -0.4 is 11.0 Å². The number of hydrogen-bond acceptors (Lipinski definition) is 4. The zero-order valence-corrected chi connectivity index (χ0v) is 19.1. The Hall–Kier alpha value is -3.20. The third-order valence-corrected chi connectivity index (χ3v) is 5.76. The molecule has 3 aromatic rings. The maximum absolute atomic E-state index is 13.1. The second kappa shape index (κ2) is 8.97. The summed E-state index contributed by atoms with van der Waals surface area (Å²) in [6.07, 6.45) is -4.69. The predicted molar refractivity (Wildman–Crippen MR) is 120 cm³/mol. The van der Waals surface area contributed by atoms with E-state index in [1.165, 1.54) is 6.07 Å². The maximum Gasteiger partial charge on any atom is 0.402 e. The quantitative estimate of drug-likeness (QED) is 0.541. The Balaban J connectivity index is 1.92. The van der Waals surface area contributed by atoms with Crippen LogP contribution in [0.1, 0.15) is 30.5 Å². The molecule has 0 aliphatic heterocycles. The lowest BCUT2D eigenvalue weighted by Gasteiger charge is -2.26. The Bertz CT molecular complexity index is 1270. The van der Waals surface area contributed by atoms with Gasteiger partial charge in [-0.1, -0.05) is 29.8 Å². The molecule has 6 nitrogen and oxygen atoms in total. The molecule has 0 aliphatic rings. The molecule has 1 aromatic heterocycles. The SMILES string of the molecule is Cc1ccc(-c2nc(-c3cc(CNC(=O)C(C)(C)C(F)(F)F)ccc3Cl)[nH]c(=O)n2)cc1C. The molecule has 0 unspecified atom stereocenters. The van der Waals surface area contributed by atoms with Crippen molar-refractivity contribution in [3.8, 4) is 22.8 Å². The van der Waals surface area contributed by atoms with Gasteiger partial charge in [-0.15, -0.1) is 0 Å². The van der Waals surface area contributed by atoms with Gasteiger partial charge >= 0.3 is 11.9 Å². The fraction of sp³-hybridized carbons (Fsp3) is 0.304. The van der Waals surface area contributed by atoms with Gasteiger partial charge in [-0.05, 0) is 62.6 Å². The van der Waals surface area contributed by atoms with E-state index in [1.807, 2.05) is 26.0 Å². The Morgan fingerprint density at radius 1 is 1.06 bits per heavy atom. The van der Waals surface area contributed by atoms with Crippen molar-refractivity contribution in [1.29, 1.82) is 0 Å². The molecule has 0 spiro atoms. The van der Waals surface area contributed by atoms with E-state index < -0.39 is 23.2 Å². The van der Waals surface area contributed by atoms with Crippen molar-refractivity contribution in [1.82, 2.24) is 20.3 Å². The number of aryl methyl sites for hydroxylation is 2. The molecule has 33 heavy (non-hydrogen) atoms. The first-order chi connectivity index (χ1) is 15.3. The number of carbonyl (C=O) groups is 1. The number of H-pyrrole nitrogens is 1. The first-order valence-electron chi connectivity index (χ1n) is 9.99. The van der Waals surface area contributed by atoms with Crippen LogP contribution >= 0.6 is 11.6 Å². The Labute approximate surface area is 193 Å². The van der Waals surface area contributed by atoms with Crippen molar-refractivity contribution in [3.05, 3.63) is 68.6 Å². The number of amides is 1. The van der Waals surface area contributed by atoms with Crippen molar-refractivity contribution in [3.63, 3.8) is 0 Å². The van der Waals surface area contributed by atoms with Crippen molar-refractivity contribution >= 4 is 17.5 Å². The second-order valence-corrected chi connectivity index (χ2v) is 8.65. The lowest BCUT2D eigenvalue weighted by atomic mass is 9.91. The molecule has 0 saturated heterocycles. The summed E-state index contributed by atoms with van der Waals surface area (Å²) in [4.78, 5) is 35.2. The van der Waals surface area contributed by atoms with E-state index in [4.69, 9.17) is 11.6 Å². The second-order valence-electron chi connectivity index (χ2n) is 8.24. The fourth-order valence-corrected chi connectivity index (χ4v) is 3.12. The summed E-state index contributed by atoms with van der Waals surface area (Å²) in [5.41, 5.74) is 0.400. The van der Waals surface area contributed by atoms with Gasteiger partial charge in [0.15, 0.2) is 5.82 Å². The average Bonchev–Trinajstić information content (AvgIpc) is 2.73. The molecule has 0 aliphatic carbocycles. The molecule has 10 heteroatoms. The molecule has 0 radical (unpaired) electrons. The predicted octanol–water partition coefficient (Wildman–Crippen LogP) is 4.97. The lowest BCUT2D eigenvalue weighted by Crippen LogP contribution is -2.46. The van der Waals surface area contributed by atoms with Gasteiger partial charge in [-0.25, -0.2) is 9.78 Å². The number of nitrogens with one attached hydrogen (secondary N) is 2. The van der Waals surface area contributed by atoms with Crippen molar-refractivity contribution in [2.45, 2.75) is 40.4 Å². The molecule has 0 fully saturated rings. The number of aromatic amines is 1. The molecule has 1 amide bonds. The number of rotatable bonds is 5. The summed E-state index contributed by atoms with van der Waals surface area (Å²) in [5.74, 6) is -0.797. The molecule has 2 N–H and O–H groups in total. The molecule has 1 heterocycles. The van der Waals surface area contributed by atoms with Crippen LogP contribution in [0, 0.1) is 19.3 Å². The highest BCUT2D eigenvalue weighted by Gasteiger charge is 2.52. The van der Waals surface area contributed by atoms with E-state index in [0.717, 1.165) is 25.0 Å². The summed E-state index contributed by atoms with van der Waals surface area (Å²) in [6.45, 7) is 5.36. The number of nitrogens with zero attached hydrogens (tertiary/aromatic N) is 2. The maximum atomic E-state index is 13.1. The third-order valence-electron chi connectivity index (χ3n) is 5.43. The normalized spacial score (nSPS) is 12.0. The van der Waals surface area contributed by atoms with Crippen LogP contribution in [0.2, 0.25) is 5.02 Å². The van der Waals surface area contributed by atoms with E-state index >= 15 is 0 Å². The highest BCUT2D eigenvalue weighted by molar-refractivity contribution is 6.33. The minimum absolute atomic E-state index is 0.150. The minimum Gasteiger partial charge on any atom is -0.351 e. The fourth-order valence-electron chi connectivity index (χ4n) is 2.92. The molecule has 2 aromatic carbocycles. The first kappa shape index (κ1) is 24.4. The van der Waals surface area contributed by atoms with E-state index in [9.17, 15) is 22.8 Å². The van der Waals surface area contributed by atoms with Crippen LogP contribution in [0.5, 0.6) is 0 Å². The average molecular weight is 479 g/mol. The summed E-state index contributed by atoms with van der Waals surface area (Å²) in [6, 6.07) is 10.2. The van der Waals surface area contributed by atoms with Gasteiger partial charge in [0.1, 0.15) is 11.2 Å². The topological polar surface area (TPSA) is 87.7 Å². The lowest BCUT2D eigenvalue weighted by molar-refractivity contribution is -0.211. The standard InChI is InChI=1S/C23H22ClF3N4O2/c1-12-5-7-15(9-13(12)2)18-29-19(31-21(33)30-18)16-10-14(6-8-17(16)24)11-28-20(32)22(3,4)23(25,26)27/h5-10H,11H2,1-4H3,(H,28,32)(H,29,30,31,33). The van der Waals surface area contributed by atoms with Crippen LogP contribution in [0.25, 0.3) is 22.8 Å². The van der Waals surface area contributed by atoms with Gasteiger partial charge in [-0.2, -0.15) is 18.2 Å². The van der Waals surface area contributed by atoms with Gasteiger partial charge < -0.3 is 5.32 Å². The van der Waals surface area contributed by atoms with Gasteiger partial charge in [0.25, 0.3) is 0 Å². The number of halogens is 4. The number of carbonyl (C=O) groups excluding carboxylic acids is 1. The van der Waals surface area contributed by atoms with Crippen molar-refractivity contribution in [2.75, 3.05) is 0 Å². The summed E-state index contributed by atoms with van der Waals surface area (Å²) in [5, 5.41) is 2.56. The van der Waals surface area contributed by atoms with E-state index in [1.54, 1.807) is 18.2 Å². The van der Waals surface area contributed by atoms with E-state index in [0.29, 0.717) is 16.7 Å². The monoisotopic (exact) mass is 478 g/mol. The molecular weight excluding hydrogens is 457 g/mol. The number of aromatic nitrogens is 3. The Morgan fingerprint density at radius 2 is 1.76 bits per heavy atom.